The minimum Gasteiger partial charge on any atom is -0.365 e. The maximum atomic E-state index is 13.1. The van der Waals surface area contributed by atoms with E-state index < -0.39 is 11.7 Å². The molecule has 0 fully saturated rings. The Labute approximate surface area is 86.2 Å². The second-order valence-electron chi connectivity index (χ2n) is 1.95. The molecule has 0 aliphatic heterocycles. The third kappa shape index (κ3) is 1.66. The van der Waals surface area contributed by atoms with E-state index >= 15 is 0 Å². The molecule has 0 saturated heterocycles. The second kappa shape index (κ2) is 3.53. The lowest BCUT2D eigenvalue weighted by molar-refractivity contribution is 0.0996. The van der Waals surface area contributed by atoms with Crippen LogP contribution in [0.1, 0.15) is 10.4 Å². The van der Waals surface area contributed by atoms with Crippen molar-refractivity contribution in [2.24, 2.45) is 5.73 Å². The number of primary amides is 1. The summed E-state index contributed by atoms with van der Waals surface area (Å²) in [4.78, 5) is 14.2. The van der Waals surface area contributed by atoms with Crippen LogP contribution in [0, 0.1) is 9.39 Å². The predicted molar refractivity (Wildman–Crippen MR) is 50.4 cm³/mol. The van der Waals surface area contributed by atoms with E-state index in [1.54, 1.807) is 22.6 Å². The number of aromatic nitrogens is 1. The molecule has 0 aromatic carbocycles. The summed E-state index contributed by atoms with van der Waals surface area (Å²) in [5.74, 6) is -1.63. The molecule has 1 rings (SSSR count). The highest BCUT2D eigenvalue weighted by Gasteiger charge is 2.16. The molecule has 0 spiro atoms. The lowest BCUT2D eigenvalue weighted by Crippen LogP contribution is -2.15. The van der Waals surface area contributed by atoms with Crippen molar-refractivity contribution in [2.45, 2.75) is 0 Å². The van der Waals surface area contributed by atoms with Gasteiger partial charge in [0.05, 0.1) is 3.57 Å². The van der Waals surface area contributed by atoms with Crippen molar-refractivity contribution in [1.29, 1.82) is 0 Å². The Bertz CT molecular complexity index is 345. The molecule has 0 unspecified atom stereocenters. The summed E-state index contributed by atoms with van der Waals surface area (Å²) in [6.07, 6.45) is 1.23. The van der Waals surface area contributed by atoms with Gasteiger partial charge in [-0.2, -0.15) is 0 Å². The molecule has 0 aliphatic carbocycles. The summed E-state index contributed by atoms with van der Waals surface area (Å²) < 4.78 is 13.3. The minimum absolute atomic E-state index is 0.208. The number of rotatable bonds is 1. The SMILES string of the molecule is NC(=O)c1c(Cl)ncc(I)c1F. The molecule has 6 heteroatoms. The number of halogens is 3. The Morgan fingerprint density at radius 3 is 2.75 bits per heavy atom. The Morgan fingerprint density at radius 1 is 1.75 bits per heavy atom. The highest BCUT2D eigenvalue weighted by atomic mass is 127. The van der Waals surface area contributed by atoms with Crippen LogP contribution in [0.3, 0.4) is 0 Å². The van der Waals surface area contributed by atoms with Crippen LogP contribution in [-0.4, -0.2) is 10.9 Å². The van der Waals surface area contributed by atoms with Crippen molar-refractivity contribution in [1.82, 2.24) is 4.98 Å². The lowest BCUT2D eigenvalue weighted by Gasteiger charge is -2.01. The summed E-state index contributed by atoms with van der Waals surface area (Å²) in [7, 11) is 0. The summed E-state index contributed by atoms with van der Waals surface area (Å²) in [6.45, 7) is 0. The zero-order valence-corrected chi connectivity index (χ0v) is 8.56. The molecule has 2 N–H and O–H groups in total. The van der Waals surface area contributed by atoms with Crippen LogP contribution in [0.5, 0.6) is 0 Å². The molecule has 1 heterocycles. The highest BCUT2D eigenvalue weighted by Crippen LogP contribution is 2.19. The zero-order valence-electron chi connectivity index (χ0n) is 5.64. The molecule has 1 aromatic heterocycles. The fourth-order valence-corrected chi connectivity index (χ4v) is 1.29. The van der Waals surface area contributed by atoms with E-state index in [2.05, 4.69) is 4.98 Å². The molecule has 64 valence electrons. The number of carbonyl (C=O) groups excluding carboxylic acids is 1. The summed E-state index contributed by atoms with van der Waals surface area (Å²) in [6, 6.07) is 0. The minimum atomic E-state index is -0.913. The molecule has 12 heavy (non-hydrogen) atoms. The van der Waals surface area contributed by atoms with Crippen molar-refractivity contribution >= 4 is 40.1 Å². The fraction of sp³-hybridized carbons (Fsp3) is 0. The van der Waals surface area contributed by atoms with Gasteiger partial charge in [0.25, 0.3) is 5.91 Å². The Morgan fingerprint density at radius 2 is 2.33 bits per heavy atom. The van der Waals surface area contributed by atoms with Crippen molar-refractivity contribution in [3.05, 3.63) is 26.3 Å². The number of carbonyl (C=O) groups is 1. The van der Waals surface area contributed by atoms with Crippen LogP contribution in [-0.2, 0) is 0 Å². The van der Waals surface area contributed by atoms with E-state index in [4.69, 9.17) is 17.3 Å². The molecule has 1 amide bonds. The van der Waals surface area contributed by atoms with E-state index in [-0.39, 0.29) is 14.3 Å². The number of pyridine rings is 1. The molecular formula is C6H3ClFIN2O. The van der Waals surface area contributed by atoms with Crippen LogP contribution < -0.4 is 5.73 Å². The van der Waals surface area contributed by atoms with Gasteiger partial charge in [-0.25, -0.2) is 9.37 Å². The summed E-state index contributed by atoms with van der Waals surface area (Å²) >= 11 is 7.14. The second-order valence-corrected chi connectivity index (χ2v) is 3.47. The first-order valence-electron chi connectivity index (χ1n) is 2.83. The Balaban J connectivity index is 3.43. The molecule has 0 saturated carbocycles. The first-order valence-corrected chi connectivity index (χ1v) is 4.29. The van der Waals surface area contributed by atoms with Crippen LogP contribution in [0.4, 0.5) is 4.39 Å². The van der Waals surface area contributed by atoms with E-state index in [0.717, 1.165) is 0 Å². The Hall–Kier alpha value is -0.430. The van der Waals surface area contributed by atoms with Crippen molar-refractivity contribution < 1.29 is 9.18 Å². The van der Waals surface area contributed by atoms with Gasteiger partial charge in [-0.05, 0) is 22.6 Å². The predicted octanol–water partition coefficient (Wildman–Crippen LogP) is 1.58. The summed E-state index contributed by atoms with van der Waals surface area (Å²) in [5, 5.41) is -0.208. The highest BCUT2D eigenvalue weighted by molar-refractivity contribution is 14.1. The van der Waals surface area contributed by atoms with Crippen LogP contribution in [0.2, 0.25) is 5.15 Å². The third-order valence-electron chi connectivity index (χ3n) is 1.17. The van der Waals surface area contributed by atoms with Gasteiger partial charge in [-0.3, -0.25) is 4.79 Å². The van der Waals surface area contributed by atoms with Crippen LogP contribution in [0.15, 0.2) is 6.20 Å². The quantitative estimate of drug-likeness (QED) is 0.632. The molecular weight excluding hydrogens is 297 g/mol. The average Bonchev–Trinajstić information content (AvgIpc) is 1.97. The van der Waals surface area contributed by atoms with E-state index in [1.165, 1.54) is 6.20 Å². The van der Waals surface area contributed by atoms with Gasteiger partial charge in [0.1, 0.15) is 10.7 Å². The number of nitrogens with zero attached hydrogens (tertiary/aromatic N) is 1. The van der Waals surface area contributed by atoms with Gasteiger partial charge in [0.2, 0.25) is 0 Å². The standard InChI is InChI=1S/C6H3ClFIN2O/c7-5-3(6(10)12)4(8)2(9)1-11-5/h1H,(H2,10,12). The smallest absolute Gasteiger partial charge is 0.254 e. The Kier molecular flexibility index (Phi) is 2.84. The van der Waals surface area contributed by atoms with E-state index in [9.17, 15) is 9.18 Å². The molecule has 3 nitrogen and oxygen atoms in total. The van der Waals surface area contributed by atoms with E-state index in [0.29, 0.717) is 0 Å². The van der Waals surface area contributed by atoms with Crippen LogP contribution >= 0.6 is 34.2 Å². The molecule has 1 aromatic rings. The average molecular weight is 300 g/mol. The molecule has 0 bridgehead atoms. The topological polar surface area (TPSA) is 56.0 Å². The monoisotopic (exact) mass is 300 g/mol. The van der Waals surface area contributed by atoms with Crippen molar-refractivity contribution in [3.8, 4) is 0 Å². The van der Waals surface area contributed by atoms with Gasteiger partial charge < -0.3 is 5.73 Å². The zero-order chi connectivity index (χ0) is 9.30. The fourth-order valence-electron chi connectivity index (χ4n) is 0.654. The van der Waals surface area contributed by atoms with Gasteiger partial charge in [-0.15, -0.1) is 0 Å². The number of hydrogen-bond donors (Lipinski definition) is 1. The maximum Gasteiger partial charge on any atom is 0.254 e. The molecule has 0 radical (unpaired) electrons. The van der Waals surface area contributed by atoms with Crippen molar-refractivity contribution in [2.75, 3.05) is 0 Å². The first-order chi connectivity index (χ1) is 5.54. The third-order valence-corrected chi connectivity index (χ3v) is 2.21. The van der Waals surface area contributed by atoms with Gasteiger partial charge in [0.15, 0.2) is 5.82 Å². The lowest BCUT2D eigenvalue weighted by atomic mass is 10.2. The van der Waals surface area contributed by atoms with Gasteiger partial charge in [-0.1, -0.05) is 11.6 Å². The number of nitrogens with two attached hydrogens (primary N) is 1. The van der Waals surface area contributed by atoms with E-state index in [1.807, 2.05) is 0 Å². The largest absolute Gasteiger partial charge is 0.365 e. The van der Waals surface area contributed by atoms with Crippen LogP contribution in [0.25, 0.3) is 0 Å². The molecule has 0 aliphatic rings. The normalized spacial score (nSPS) is 9.92. The number of hydrogen-bond acceptors (Lipinski definition) is 2. The van der Waals surface area contributed by atoms with Crippen molar-refractivity contribution in [3.63, 3.8) is 0 Å². The summed E-state index contributed by atoms with van der Waals surface area (Å²) in [5.41, 5.74) is 4.52. The first kappa shape index (κ1) is 9.66. The maximum absolute atomic E-state index is 13.1. The van der Waals surface area contributed by atoms with Gasteiger partial charge >= 0.3 is 0 Å². The molecule has 0 atom stereocenters. The number of amides is 1. The van der Waals surface area contributed by atoms with Gasteiger partial charge in [0, 0.05) is 6.20 Å².